The number of halogens is 1. The summed E-state index contributed by atoms with van der Waals surface area (Å²) in [5.41, 5.74) is 9.24. The zero-order valence-corrected chi connectivity index (χ0v) is 11.5. The van der Waals surface area contributed by atoms with Crippen LogP contribution in [0.4, 0.5) is 21.9 Å². The number of fused-ring (bicyclic) bond motifs is 1. The summed E-state index contributed by atoms with van der Waals surface area (Å²) < 4.78 is 0. The van der Waals surface area contributed by atoms with E-state index in [4.69, 9.17) is 17.3 Å². The van der Waals surface area contributed by atoms with Crippen molar-refractivity contribution in [2.45, 2.75) is 6.42 Å². The number of nitrogens with zero attached hydrogens (tertiary/aromatic N) is 1. The molecule has 2 aromatic carbocycles. The van der Waals surface area contributed by atoms with Crippen LogP contribution in [0.15, 0.2) is 42.5 Å². The van der Waals surface area contributed by atoms with E-state index in [0.29, 0.717) is 11.6 Å². The third kappa shape index (κ3) is 2.42. The van der Waals surface area contributed by atoms with E-state index in [1.807, 2.05) is 18.2 Å². The molecule has 0 unspecified atom stereocenters. The summed E-state index contributed by atoms with van der Waals surface area (Å²) in [6.07, 6.45) is 0.828. The molecule has 20 heavy (non-hydrogen) atoms. The Kier molecular flexibility index (Phi) is 3.24. The number of anilines is 3. The molecule has 0 atom stereocenters. The molecule has 0 bridgehead atoms. The van der Waals surface area contributed by atoms with Crippen molar-refractivity contribution in [1.82, 2.24) is 0 Å². The quantitative estimate of drug-likeness (QED) is 0.789. The Balaban J connectivity index is 1.78. The first-order valence-electron chi connectivity index (χ1n) is 6.36. The molecule has 1 aliphatic rings. The molecule has 5 heteroatoms. The Hall–Kier alpha value is -2.20. The van der Waals surface area contributed by atoms with Crippen LogP contribution >= 0.6 is 11.6 Å². The minimum atomic E-state index is -0.143. The van der Waals surface area contributed by atoms with E-state index < -0.39 is 0 Å². The molecular formula is C15H14ClN3O. The number of urea groups is 1. The fourth-order valence-corrected chi connectivity index (χ4v) is 2.48. The first-order valence-corrected chi connectivity index (χ1v) is 6.74. The Labute approximate surface area is 122 Å². The highest BCUT2D eigenvalue weighted by molar-refractivity contribution is 6.30. The van der Waals surface area contributed by atoms with Crippen molar-refractivity contribution < 1.29 is 4.79 Å². The van der Waals surface area contributed by atoms with Crippen LogP contribution < -0.4 is 16.0 Å². The third-order valence-corrected chi connectivity index (χ3v) is 3.59. The van der Waals surface area contributed by atoms with Gasteiger partial charge in [-0.1, -0.05) is 11.6 Å². The van der Waals surface area contributed by atoms with Gasteiger partial charge >= 0.3 is 6.03 Å². The van der Waals surface area contributed by atoms with Crippen molar-refractivity contribution in [3.63, 3.8) is 0 Å². The second-order valence-electron chi connectivity index (χ2n) is 4.73. The number of nitrogens with one attached hydrogen (secondary N) is 1. The number of carbonyl (C=O) groups excluding carboxylic acids is 1. The highest BCUT2D eigenvalue weighted by Gasteiger charge is 2.24. The molecule has 3 rings (SSSR count). The largest absolute Gasteiger partial charge is 0.399 e. The van der Waals surface area contributed by atoms with E-state index in [1.165, 1.54) is 0 Å². The van der Waals surface area contributed by atoms with Gasteiger partial charge in [-0.3, -0.25) is 4.90 Å². The number of hydrogen-bond donors (Lipinski definition) is 2. The molecule has 0 spiro atoms. The molecule has 0 saturated heterocycles. The third-order valence-electron chi connectivity index (χ3n) is 3.34. The summed E-state index contributed by atoms with van der Waals surface area (Å²) in [5.74, 6) is 0. The van der Waals surface area contributed by atoms with Crippen LogP contribution in [0.5, 0.6) is 0 Å². The van der Waals surface area contributed by atoms with Crippen molar-refractivity contribution in [2.75, 3.05) is 22.5 Å². The van der Waals surface area contributed by atoms with Crippen LogP contribution in [-0.4, -0.2) is 12.6 Å². The van der Waals surface area contributed by atoms with Crippen LogP contribution in [0.1, 0.15) is 5.56 Å². The maximum atomic E-state index is 12.3. The van der Waals surface area contributed by atoms with Crippen molar-refractivity contribution in [1.29, 1.82) is 0 Å². The van der Waals surface area contributed by atoms with Crippen molar-refractivity contribution >= 4 is 34.7 Å². The molecule has 3 N–H and O–H groups in total. The monoisotopic (exact) mass is 287 g/mol. The van der Waals surface area contributed by atoms with Crippen LogP contribution in [0.3, 0.4) is 0 Å². The summed E-state index contributed by atoms with van der Waals surface area (Å²) in [6, 6.07) is 12.5. The van der Waals surface area contributed by atoms with Crippen LogP contribution in [0.25, 0.3) is 0 Å². The number of carbonyl (C=O) groups is 1. The normalized spacial score (nSPS) is 13.2. The van der Waals surface area contributed by atoms with Gasteiger partial charge in [-0.05, 0) is 54.4 Å². The lowest BCUT2D eigenvalue weighted by molar-refractivity contribution is 0.257. The van der Waals surface area contributed by atoms with Gasteiger partial charge in [-0.2, -0.15) is 0 Å². The average molecular weight is 288 g/mol. The predicted molar refractivity (Wildman–Crippen MR) is 82.4 cm³/mol. The fraction of sp³-hybridized carbons (Fsp3) is 0.133. The Morgan fingerprint density at radius 3 is 2.70 bits per heavy atom. The molecule has 2 amide bonds. The number of benzene rings is 2. The number of hydrogen-bond acceptors (Lipinski definition) is 2. The molecular weight excluding hydrogens is 274 g/mol. The maximum Gasteiger partial charge on any atom is 0.326 e. The molecule has 0 saturated carbocycles. The van der Waals surface area contributed by atoms with Crippen LogP contribution in [-0.2, 0) is 6.42 Å². The fourth-order valence-electron chi connectivity index (χ4n) is 2.36. The first-order chi connectivity index (χ1) is 9.63. The lowest BCUT2D eigenvalue weighted by atomic mass is 10.1. The summed E-state index contributed by atoms with van der Waals surface area (Å²) in [7, 11) is 0. The predicted octanol–water partition coefficient (Wildman–Crippen LogP) is 3.52. The summed E-state index contributed by atoms with van der Waals surface area (Å²) >= 11 is 5.82. The Bertz CT molecular complexity index is 655. The van der Waals surface area contributed by atoms with E-state index in [0.717, 1.165) is 29.0 Å². The van der Waals surface area contributed by atoms with E-state index >= 15 is 0 Å². The molecule has 102 valence electrons. The molecule has 0 aromatic heterocycles. The second kappa shape index (κ2) is 5.06. The molecule has 2 aromatic rings. The first kappa shape index (κ1) is 12.8. The van der Waals surface area contributed by atoms with Gasteiger partial charge in [0.2, 0.25) is 0 Å². The van der Waals surface area contributed by atoms with Crippen molar-refractivity contribution in [3.05, 3.63) is 53.1 Å². The van der Waals surface area contributed by atoms with E-state index in [2.05, 4.69) is 5.32 Å². The van der Waals surface area contributed by atoms with Gasteiger partial charge in [0.05, 0.1) is 0 Å². The smallest absolute Gasteiger partial charge is 0.326 e. The minimum Gasteiger partial charge on any atom is -0.399 e. The molecule has 1 aliphatic heterocycles. The Morgan fingerprint density at radius 1 is 1.20 bits per heavy atom. The van der Waals surface area contributed by atoms with E-state index in [9.17, 15) is 4.79 Å². The second-order valence-corrected chi connectivity index (χ2v) is 5.16. The highest BCUT2D eigenvalue weighted by atomic mass is 35.5. The van der Waals surface area contributed by atoms with Crippen LogP contribution in [0, 0.1) is 0 Å². The van der Waals surface area contributed by atoms with Crippen LogP contribution in [0.2, 0.25) is 5.02 Å². The molecule has 0 fully saturated rings. The SMILES string of the molecule is Nc1ccc2c(c1)CCN2C(=O)Nc1ccc(Cl)cc1. The molecule has 0 radical (unpaired) electrons. The lowest BCUT2D eigenvalue weighted by Crippen LogP contribution is -2.33. The van der Waals surface area contributed by atoms with E-state index in [-0.39, 0.29) is 6.03 Å². The minimum absolute atomic E-state index is 0.143. The van der Waals surface area contributed by atoms with Crippen molar-refractivity contribution in [2.24, 2.45) is 0 Å². The molecule has 1 heterocycles. The molecule has 0 aliphatic carbocycles. The molecule has 4 nitrogen and oxygen atoms in total. The summed E-state index contributed by atoms with van der Waals surface area (Å²) in [6.45, 7) is 0.665. The van der Waals surface area contributed by atoms with Gasteiger partial charge in [0.15, 0.2) is 0 Å². The number of rotatable bonds is 1. The van der Waals surface area contributed by atoms with Gasteiger partial charge in [0.25, 0.3) is 0 Å². The summed E-state index contributed by atoms with van der Waals surface area (Å²) in [4.78, 5) is 14.0. The number of nitrogen functional groups attached to an aromatic ring is 1. The zero-order valence-electron chi connectivity index (χ0n) is 10.8. The van der Waals surface area contributed by atoms with Gasteiger partial charge in [-0.15, -0.1) is 0 Å². The lowest BCUT2D eigenvalue weighted by Gasteiger charge is -2.18. The zero-order chi connectivity index (χ0) is 14.1. The van der Waals surface area contributed by atoms with Gasteiger partial charge in [0, 0.05) is 28.6 Å². The average Bonchev–Trinajstić information content (AvgIpc) is 2.84. The number of nitrogens with two attached hydrogens (primary N) is 1. The summed E-state index contributed by atoms with van der Waals surface area (Å²) in [5, 5.41) is 3.51. The van der Waals surface area contributed by atoms with E-state index in [1.54, 1.807) is 29.2 Å². The Morgan fingerprint density at radius 2 is 1.95 bits per heavy atom. The topological polar surface area (TPSA) is 58.4 Å². The standard InChI is InChI=1S/C15H14ClN3O/c16-11-1-4-13(5-2-11)18-15(20)19-8-7-10-9-12(17)3-6-14(10)19/h1-6,9H,7-8,17H2,(H,18,20). The number of amides is 2. The van der Waals surface area contributed by atoms with Gasteiger partial charge in [-0.25, -0.2) is 4.79 Å². The van der Waals surface area contributed by atoms with Gasteiger partial charge < -0.3 is 11.1 Å². The highest BCUT2D eigenvalue weighted by Crippen LogP contribution is 2.30. The van der Waals surface area contributed by atoms with Gasteiger partial charge in [0.1, 0.15) is 0 Å². The maximum absolute atomic E-state index is 12.3. The van der Waals surface area contributed by atoms with Crippen molar-refractivity contribution in [3.8, 4) is 0 Å².